The standard InChI is InChI=1S/C13H12ClF2N3O/c1-7-3-4-8(15)13(12(7)16)19-10-5-9(14)17-11(18-10)6-20-2/h3-5H,6H2,1-2H3,(H,17,18,19). The van der Waals surface area contributed by atoms with Crippen molar-refractivity contribution in [2.24, 2.45) is 0 Å². The van der Waals surface area contributed by atoms with E-state index in [2.05, 4.69) is 15.3 Å². The van der Waals surface area contributed by atoms with Crippen molar-refractivity contribution >= 4 is 23.1 Å². The van der Waals surface area contributed by atoms with Gasteiger partial charge in [0.05, 0.1) is 0 Å². The number of rotatable bonds is 4. The van der Waals surface area contributed by atoms with Gasteiger partial charge in [0.2, 0.25) is 0 Å². The lowest BCUT2D eigenvalue weighted by Crippen LogP contribution is -2.04. The zero-order valence-corrected chi connectivity index (χ0v) is 11.6. The van der Waals surface area contributed by atoms with Crippen LogP contribution in [0.3, 0.4) is 0 Å². The average Bonchev–Trinajstić information content (AvgIpc) is 2.39. The molecule has 0 amide bonds. The molecule has 7 heteroatoms. The number of benzene rings is 1. The molecule has 0 aliphatic carbocycles. The average molecular weight is 300 g/mol. The highest BCUT2D eigenvalue weighted by atomic mass is 35.5. The van der Waals surface area contributed by atoms with E-state index >= 15 is 0 Å². The molecule has 1 aromatic heterocycles. The fourth-order valence-electron chi connectivity index (χ4n) is 1.62. The van der Waals surface area contributed by atoms with Crippen molar-refractivity contribution in [3.05, 3.63) is 46.4 Å². The van der Waals surface area contributed by atoms with E-state index in [4.69, 9.17) is 16.3 Å². The maximum atomic E-state index is 13.9. The van der Waals surface area contributed by atoms with Gasteiger partial charge in [-0.15, -0.1) is 0 Å². The number of methoxy groups -OCH3 is 1. The summed E-state index contributed by atoms with van der Waals surface area (Å²) in [5.74, 6) is -0.874. The molecule has 1 N–H and O–H groups in total. The second kappa shape index (κ2) is 6.11. The van der Waals surface area contributed by atoms with Crippen molar-refractivity contribution in [1.82, 2.24) is 9.97 Å². The van der Waals surface area contributed by atoms with Crippen molar-refractivity contribution in [1.29, 1.82) is 0 Å². The minimum absolute atomic E-state index is 0.147. The van der Waals surface area contributed by atoms with Crippen molar-refractivity contribution in [3.63, 3.8) is 0 Å². The molecule has 0 aliphatic rings. The summed E-state index contributed by atoms with van der Waals surface area (Å²) in [7, 11) is 1.48. The van der Waals surface area contributed by atoms with Gasteiger partial charge in [-0.25, -0.2) is 18.7 Å². The molecule has 0 spiro atoms. The van der Waals surface area contributed by atoms with Crippen LogP contribution in [0, 0.1) is 18.6 Å². The number of aryl methyl sites for hydroxylation is 1. The first-order valence-electron chi connectivity index (χ1n) is 5.75. The van der Waals surface area contributed by atoms with E-state index in [-0.39, 0.29) is 23.3 Å². The number of aromatic nitrogens is 2. The monoisotopic (exact) mass is 299 g/mol. The summed E-state index contributed by atoms with van der Waals surface area (Å²) in [6.45, 7) is 1.69. The lowest BCUT2D eigenvalue weighted by molar-refractivity contribution is 0.178. The lowest BCUT2D eigenvalue weighted by Gasteiger charge is -2.10. The Labute approximate surface area is 119 Å². The highest BCUT2D eigenvalue weighted by molar-refractivity contribution is 6.29. The minimum Gasteiger partial charge on any atom is -0.377 e. The third kappa shape index (κ3) is 3.20. The Balaban J connectivity index is 2.37. The highest BCUT2D eigenvalue weighted by Crippen LogP contribution is 2.25. The van der Waals surface area contributed by atoms with Gasteiger partial charge in [0.1, 0.15) is 29.1 Å². The SMILES string of the molecule is COCc1nc(Cl)cc(Nc2c(F)ccc(C)c2F)n1. The predicted molar refractivity (Wildman–Crippen MR) is 72.1 cm³/mol. The van der Waals surface area contributed by atoms with Crippen LogP contribution in [0.2, 0.25) is 5.15 Å². The molecule has 0 fully saturated rings. The number of halogens is 3. The summed E-state index contributed by atoms with van der Waals surface area (Å²) in [6.07, 6.45) is 0. The van der Waals surface area contributed by atoms with Gasteiger partial charge in [0.25, 0.3) is 0 Å². The molecule has 2 rings (SSSR count). The molecule has 0 unspecified atom stereocenters. The van der Waals surface area contributed by atoms with E-state index in [9.17, 15) is 8.78 Å². The van der Waals surface area contributed by atoms with E-state index < -0.39 is 11.6 Å². The van der Waals surface area contributed by atoms with Crippen LogP contribution in [-0.4, -0.2) is 17.1 Å². The van der Waals surface area contributed by atoms with Crippen molar-refractivity contribution in [2.75, 3.05) is 12.4 Å². The highest BCUT2D eigenvalue weighted by Gasteiger charge is 2.13. The van der Waals surface area contributed by atoms with Gasteiger partial charge in [0, 0.05) is 13.2 Å². The first-order valence-corrected chi connectivity index (χ1v) is 6.13. The Morgan fingerprint density at radius 1 is 1.30 bits per heavy atom. The quantitative estimate of drug-likeness (QED) is 0.876. The lowest BCUT2D eigenvalue weighted by atomic mass is 10.2. The summed E-state index contributed by atoms with van der Waals surface area (Å²) in [5, 5.41) is 2.74. The maximum Gasteiger partial charge on any atom is 0.158 e. The second-order valence-corrected chi connectivity index (χ2v) is 4.49. The predicted octanol–water partition coefficient (Wildman–Crippen LogP) is 3.61. The number of nitrogens with one attached hydrogen (secondary N) is 1. The number of hydrogen-bond acceptors (Lipinski definition) is 4. The van der Waals surface area contributed by atoms with Crippen LogP contribution < -0.4 is 5.32 Å². The second-order valence-electron chi connectivity index (χ2n) is 4.10. The van der Waals surface area contributed by atoms with Gasteiger partial charge in [-0.3, -0.25) is 0 Å². The van der Waals surface area contributed by atoms with Crippen molar-refractivity contribution in [3.8, 4) is 0 Å². The van der Waals surface area contributed by atoms with Crippen LogP contribution in [0.15, 0.2) is 18.2 Å². The fraction of sp³-hybridized carbons (Fsp3) is 0.231. The zero-order chi connectivity index (χ0) is 14.7. The summed E-state index contributed by atoms with van der Waals surface area (Å²) >= 11 is 5.83. The van der Waals surface area contributed by atoms with Gasteiger partial charge in [-0.05, 0) is 18.6 Å². The molecule has 1 aromatic carbocycles. The Kier molecular flexibility index (Phi) is 4.46. The van der Waals surface area contributed by atoms with E-state index in [1.54, 1.807) is 6.92 Å². The molecule has 0 bridgehead atoms. The van der Waals surface area contributed by atoms with Gasteiger partial charge in [-0.1, -0.05) is 17.7 Å². The Bertz CT molecular complexity index is 637. The van der Waals surface area contributed by atoms with E-state index in [1.807, 2.05) is 0 Å². The smallest absolute Gasteiger partial charge is 0.158 e. The zero-order valence-electron chi connectivity index (χ0n) is 10.9. The number of ether oxygens (including phenoxy) is 1. The Morgan fingerprint density at radius 3 is 2.75 bits per heavy atom. The Morgan fingerprint density at radius 2 is 2.05 bits per heavy atom. The first-order chi connectivity index (χ1) is 9.51. The van der Waals surface area contributed by atoms with Gasteiger partial charge in [0.15, 0.2) is 11.6 Å². The van der Waals surface area contributed by atoms with Crippen molar-refractivity contribution in [2.45, 2.75) is 13.5 Å². The van der Waals surface area contributed by atoms with Gasteiger partial charge >= 0.3 is 0 Å². The number of nitrogens with zero attached hydrogens (tertiary/aromatic N) is 2. The molecular weight excluding hydrogens is 288 g/mol. The third-order valence-electron chi connectivity index (χ3n) is 2.55. The molecular formula is C13H12ClF2N3O. The largest absolute Gasteiger partial charge is 0.377 e. The number of anilines is 2. The molecule has 0 atom stereocenters. The molecule has 0 radical (unpaired) electrons. The summed E-state index contributed by atoms with van der Waals surface area (Å²) in [4.78, 5) is 7.99. The normalized spacial score (nSPS) is 10.7. The first kappa shape index (κ1) is 14.6. The molecule has 106 valence electrons. The van der Waals surface area contributed by atoms with Crippen molar-refractivity contribution < 1.29 is 13.5 Å². The molecule has 0 saturated heterocycles. The van der Waals surface area contributed by atoms with Crippen LogP contribution in [-0.2, 0) is 11.3 Å². The topological polar surface area (TPSA) is 47.0 Å². The molecule has 20 heavy (non-hydrogen) atoms. The van der Waals surface area contributed by atoms with Crippen LogP contribution in [0.5, 0.6) is 0 Å². The van der Waals surface area contributed by atoms with E-state index in [0.717, 1.165) is 0 Å². The maximum absolute atomic E-state index is 13.9. The van der Waals surface area contributed by atoms with E-state index in [0.29, 0.717) is 11.4 Å². The molecule has 0 saturated carbocycles. The summed E-state index contributed by atoms with van der Waals surface area (Å²) in [6, 6.07) is 3.92. The third-order valence-corrected chi connectivity index (χ3v) is 2.75. The minimum atomic E-state index is -0.712. The molecule has 0 aliphatic heterocycles. The number of hydrogen-bond donors (Lipinski definition) is 1. The molecule has 4 nitrogen and oxygen atoms in total. The summed E-state index contributed by atoms with van der Waals surface area (Å²) < 4.78 is 32.5. The molecule has 2 aromatic rings. The fourth-order valence-corrected chi connectivity index (χ4v) is 1.82. The van der Waals surface area contributed by atoms with Crippen LogP contribution in [0.1, 0.15) is 11.4 Å². The molecule has 1 heterocycles. The van der Waals surface area contributed by atoms with E-state index in [1.165, 1.54) is 25.3 Å². The Hall–Kier alpha value is -1.79. The van der Waals surface area contributed by atoms with Crippen LogP contribution in [0.4, 0.5) is 20.3 Å². The van der Waals surface area contributed by atoms with Gasteiger partial charge in [-0.2, -0.15) is 0 Å². The van der Waals surface area contributed by atoms with Crippen LogP contribution >= 0.6 is 11.6 Å². The summed E-state index contributed by atoms with van der Waals surface area (Å²) in [5.41, 5.74) is 0.0503. The van der Waals surface area contributed by atoms with Crippen LogP contribution in [0.25, 0.3) is 0 Å². The van der Waals surface area contributed by atoms with Gasteiger partial charge < -0.3 is 10.1 Å².